The minimum atomic E-state index is -0.122. The number of anilines is 2. The summed E-state index contributed by atoms with van der Waals surface area (Å²) in [5.41, 5.74) is 3.39. The van der Waals surface area contributed by atoms with Crippen LogP contribution in [0.4, 0.5) is 10.8 Å². The van der Waals surface area contributed by atoms with Crippen molar-refractivity contribution in [1.82, 2.24) is 9.97 Å². The van der Waals surface area contributed by atoms with E-state index in [1.807, 2.05) is 43.6 Å². The van der Waals surface area contributed by atoms with Crippen LogP contribution in [0.5, 0.6) is 0 Å². The van der Waals surface area contributed by atoms with Crippen LogP contribution in [0.2, 0.25) is 0 Å². The number of nitrogens with one attached hydrogen (secondary N) is 3. The Balaban J connectivity index is 1.69. The van der Waals surface area contributed by atoms with Gasteiger partial charge in [-0.15, -0.1) is 11.3 Å². The second kappa shape index (κ2) is 6.98. The lowest BCUT2D eigenvalue weighted by Gasteiger charge is -2.04. The van der Waals surface area contributed by atoms with Crippen molar-refractivity contribution in [2.45, 2.75) is 13.3 Å². The number of hydrogen-bond acceptors (Lipinski definition) is 6. The van der Waals surface area contributed by atoms with Gasteiger partial charge in [0, 0.05) is 23.8 Å². The van der Waals surface area contributed by atoms with Gasteiger partial charge in [0.25, 0.3) is 0 Å². The van der Waals surface area contributed by atoms with Crippen LogP contribution < -0.4 is 15.5 Å². The van der Waals surface area contributed by atoms with Gasteiger partial charge in [-0.05, 0) is 24.6 Å². The molecule has 124 valence electrons. The zero-order chi connectivity index (χ0) is 17.1. The highest BCUT2D eigenvalue weighted by Crippen LogP contribution is 2.28. The van der Waals surface area contributed by atoms with Gasteiger partial charge in [0.05, 0.1) is 17.0 Å². The SMILES string of the molecule is CNc1cccc(CC(=O)Nc2nc(-c3sc(=O)[nH]c3C)cs2)c1. The third kappa shape index (κ3) is 3.72. The number of rotatable bonds is 5. The molecule has 2 heterocycles. The smallest absolute Gasteiger partial charge is 0.305 e. The van der Waals surface area contributed by atoms with Gasteiger partial charge in [-0.3, -0.25) is 9.59 Å². The summed E-state index contributed by atoms with van der Waals surface area (Å²) in [5, 5.41) is 8.22. The van der Waals surface area contributed by atoms with E-state index in [1.165, 1.54) is 11.3 Å². The molecule has 3 N–H and O–H groups in total. The number of aryl methyl sites for hydroxylation is 1. The lowest BCUT2D eigenvalue weighted by atomic mass is 10.1. The summed E-state index contributed by atoms with van der Waals surface area (Å²) in [4.78, 5) is 31.4. The molecular weight excluding hydrogens is 344 g/mol. The molecule has 0 saturated carbocycles. The van der Waals surface area contributed by atoms with Gasteiger partial charge in [-0.25, -0.2) is 4.98 Å². The fourth-order valence-corrected chi connectivity index (χ4v) is 3.87. The maximum absolute atomic E-state index is 12.2. The van der Waals surface area contributed by atoms with Gasteiger partial charge in [0.15, 0.2) is 5.13 Å². The van der Waals surface area contributed by atoms with Crippen LogP contribution in [0.25, 0.3) is 10.6 Å². The van der Waals surface area contributed by atoms with Crippen molar-refractivity contribution in [2.75, 3.05) is 17.7 Å². The number of aromatic nitrogens is 2. The first-order chi connectivity index (χ1) is 11.5. The Labute approximate surface area is 146 Å². The zero-order valence-corrected chi connectivity index (χ0v) is 14.8. The minimum absolute atomic E-state index is 0.106. The first-order valence-electron chi connectivity index (χ1n) is 7.27. The van der Waals surface area contributed by atoms with E-state index in [4.69, 9.17) is 0 Å². The molecule has 1 aromatic carbocycles. The van der Waals surface area contributed by atoms with E-state index in [-0.39, 0.29) is 17.2 Å². The lowest BCUT2D eigenvalue weighted by molar-refractivity contribution is -0.115. The fraction of sp³-hybridized carbons (Fsp3) is 0.188. The first-order valence-corrected chi connectivity index (χ1v) is 8.97. The number of hydrogen-bond donors (Lipinski definition) is 3. The standard InChI is InChI=1S/C16H16N4O2S2/c1-9-14(24-16(22)18-9)12-8-23-15(19-12)20-13(21)7-10-4-3-5-11(6-10)17-2/h3-6,8,17H,7H2,1-2H3,(H,18,22)(H,19,20,21). The maximum atomic E-state index is 12.2. The van der Waals surface area contributed by atoms with Crippen LogP contribution in [-0.4, -0.2) is 22.9 Å². The molecule has 0 aliphatic carbocycles. The van der Waals surface area contributed by atoms with E-state index in [0.29, 0.717) is 10.8 Å². The van der Waals surface area contributed by atoms with Gasteiger partial charge in [0.1, 0.15) is 0 Å². The number of thiazole rings is 2. The van der Waals surface area contributed by atoms with Crippen molar-refractivity contribution in [2.24, 2.45) is 0 Å². The number of benzene rings is 1. The van der Waals surface area contributed by atoms with Crippen LogP contribution in [0, 0.1) is 6.92 Å². The Morgan fingerprint density at radius 1 is 1.38 bits per heavy atom. The number of H-pyrrole nitrogens is 1. The third-order valence-electron chi connectivity index (χ3n) is 3.39. The highest BCUT2D eigenvalue weighted by atomic mass is 32.1. The van der Waals surface area contributed by atoms with E-state index in [9.17, 15) is 9.59 Å². The van der Waals surface area contributed by atoms with Crippen LogP contribution >= 0.6 is 22.7 Å². The van der Waals surface area contributed by atoms with Crippen LogP contribution in [-0.2, 0) is 11.2 Å². The second-order valence-corrected chi connectivity index (χ2v) is 7.02. The second-order valence-electron chi connectivity index (χ2n) is 5.18. The van der Waals surface area contributed by atoms with Crippen molar-refractivity contribution in [3.05, 3.63) is 50.6 Å². The number of aromatic amines is 1. The van der Waals surface area contributed by atoms with E-state index in [0.717, 1.165) is 33.2 Å². The van der Waals surface area contributed by atoms with Crippen LogP contribution in [0.1, 0.15) is 11.3 Å². The molecule has 0 atom stereocenters. The predicted octanol–water partition coefficient (Wildman–Crippen LogP) is 3.09. The number of amides is 1. The van der Waals surface area contributed by atoms with Gasteiger partial charge in [-0.1, -0.05) is 23.5 Å². The minimum Gasteiger partial charge on any atom is -0.388 e. The number of nitrogens with zero attached hydrogens (tertiary/aromatic N) is 1. The Morgan fingerprint density at radius 2 is 2.21 bits per heavy atom. The Bertz CT molecular complexity index is 926. The highest BCUT2D eigenvalue weighted by Gasteiger charge is 2.12. The molecule has 0 fully saturated rings. The van der Waals surface area contributed by atoms with E-state index in [2.05, 4.69) is 20.6 Å². The van der Waals surface area contributed by atoms with Gasteiger partial charge >= 0.3 is 4.87 Å². The summed E-state index contributed by atoms with van der Waals surface area (Å²) in [5.74, 6) is -0.122. The fourth-order valence-electron chi connectivity index (χ4n) is 2.27. The van der Waals surface area contributed by atoms with Crippen LogP contribution in [0.15, 0.2) is 34.4 Å². The van der Waals surface area contributed by atoms with E-state index >= 15 is 0 Å². The van der Waals surface area contributed by atoms with Crippen molar-refractivity contribution in [1.29, 1.82) is 0 Å². The molecule has 0 unspecified atom stereocenters. The van der Waals surface area contributed by atoms with Gasteiger partial charge in [0.2, 0.25) is 5.91 Å². The maximum Gasteiger partial charge on any atom is 0.305 e. The lowest BCUT2D eigenvalue weighted by Crippen LogP contribution is -2.14. The normalized spacial score (nSPS) is 10.6. The molecule has 8 heteroatoms. The van der Waals surface area contributed by atoms with Gasteiger partial charge in [-0.2, -0.15) is 0 Å². The first kappa shape index (κ1) is 16.4. The summed E-state index contributed by atoms with van der Waals surface area (Å²) in [7, 11) is 1.84. The van der Waals surface area contributed by atoms with Crippen molar-refractivity contribution >= 4 is 39.4 Å². The number of carbonyl (C=O) groups excluding carboxylic acids is 1. The average molecular weight is 360 g/mol. The summed E-state index contributed by atoms with van der Waals surface area (Å²) in [6.07, 6.45) is 0.279. The summed E-state index contributed by atoms with van der Waals surface area (Å²) in [6, 6.07) is 7.70. The molecule has 0 spiro atoms. The molecule has 6 nitrogen and oxygen atoms in total. The molecular formula is C16H16N4O2S2. The third-order valence-corrected chi connectivity index (χ3v) is 5.15. The Kier molecular flexibility index (Phi) is 4.77. The molecule has 0 aliphatic heterocycles. The molecule has 0 saturated heterocycles. The molecule has 1 amide bonds. The van der Waals surface area contributed by atoms with Crippen molar-refractivity contribution < 1.29 is 4.79 Å². The summed E-state index contributed by atoms with van der Waals surface area (Å²) < 4.78 is 0. The predicted molar refractivity (Wildman–Crippen MR) is 99.1 cm³/mol. The molecule has 0 aliphatic rings. The zero-order valence-electron chi connectivity index (χ0n) is 13.2. The monoisotopic (exact) mass is 360 g/mol. The molecule has 0 radical (unpaired) electrons. The molecule has 2 aromatic heterocycles. The van der Waals surface area contributed by atoms with E-state index < -0.39 is 0 Å². The van der Waals surface area contributed by atoms with Crippen molar-refractivity contribution in [3.63, 3.8) is 0 Å². The largest absolute Gasteiger partial charge is 0.388 e. The highest BCUT2D eigenvalue weighted by molar-refractivity contribution is 7.15. The molecule has 3 rings (SSSR count). The molecule has 3 aromatic rings. The van der Waals surface area contributed by atoms with Gasteiger partial charge < -0.3 is 15.6 Å². The quantitative estimate of drug-likeness (QED) is 0.652. The summed E-state index contributed by atoms with van der Waals surface area (Å²) >= 11 is 2.46. The Hall–Kier alpha value is -2.45. The summed E-state index contributed by atoms with van der Waals surface area (Å²) in [6.45, 7) is 1.83. The van der Waals surface area contributed by atoms with Crippen LogP contribution in [0.3, 0.4) is 0 Å². The van der Waals surface area contributed by atoms with Crippen molar-refractivity contribution in [3.8, 4) is 10.6 Å². The number of carbonyl (C=O) groups is 1. The molecule has 24 heavy (non-hydrogen) atoms. The topological polar surface area (TPSA) is 86.9 Å². The van der Waals surface area contributed by atoms with E-state index in [1.54, 1.807) is 0 Å². The average Bonchev–Trinajstić information content (AvgIpc) is 3.13. The molecule has 0 bridgehead atoms. The Morgan fingerprint density at radius 3 is 2.92 bits per heavy atom.